The van der Waals surface area contributed by atoms with Gasteiger partial charge in [0.25, 0.3) is 0 Å². The highest BCUT2D eigenvalue weighted by molar-refractivity contribution is 5.33. The van der Waals surface area contributed by atoms with Gasteiger partial charge in [-0.05, 0) is 6.07 Å². The van der Waals surface area contributed by atoms with Crippen LogP contribution >= 0.6 is 0 Å². The molecule has 0 spiro atoms. The number of rotatable bonds is 4. The second kappa shape index (κ2) is 6.00. The fourth-order valence-electron chi connectivity index (χ4n) is 2.08. The van der Waals surface area contributed by atoms with Gasteiger partial charge < -0.3 is 14.6 Å². The van der Waals surface area contributed by atoms with Crippen molar-refractivity contribution >= 4 is 0 Å². The Morgan fingerprint density at radius 3 is 3.12 bits per heavy atom. The van der Waals surface area contributed by atoms with Crippen LogP contribution in [0.2, 0.25) is 0 Å². The molecule has 1 aliphatic rings. The van der Waals surface area contributed by atoms with Crippen LogP contribution in [-0.4, -0.2) is 49.5 Å². The van der Waals surface area contributed by atoms with Crippen molar-refractivity contribution < 1.29 is 14.6 Å². The molecule has 94 valence electrons. The van der Waals surface area contributed by atoms with Gasteiger partial charge in [-0.15, -0.1) is 0 Å². The van der Waals surface area contributed by atoms with E-state index in [1.807, 2.05) is 18.2 Å². The summed E-state index contributed by atoms with van der Waals surface area (Å²) in [4.78, 5) is 2.19. The summed E-state index contributed by atoms with van der Waals surface area (Å²) in [5, 5.41) is 9.73. The third-order valence-corrected chi connectivity index (χ3v) is 2.86. The molecule has 1 aromatic rings. The standard InChI is InChI=1S/C13H19NO3/c1-16-10-12(15)9-14-6-7-17-13-5-3-2-4-11(13)8-14/h2-5,12,15H,6-10H2,1H3. The molecule has 1 aliphatic heterocycles. The smallest absolute Gasteiger partial charge is 0.123 e. The first-order chi connectivity index (χ1) is 8.29. The Morgan fingerprint density at radius 1 is 1.47 bits per heavy atom. The second-order valence-corrected chi connectivity index (χ2v) is 4.30. The molecule has 17 heavy (non-hydrogen) atoms. The number of benzene rings is 1. The molecule has 0 bridgehead atoms. The van der Waals surface area contributed by atoms with Crippen molar-refractivity contribution in [3.8, 4) is 5.75 Å². The molecule has 1 unspecified atom stereocenters. The molecule has 0 fully saturated rings. The fraction of sp³-hybridized carbons (Fsp3) is 0.538. The summed E-state index contributed by atoms with van der Waals surface area (Å²) in [5.74, 6) is 0.955. The molecule has 1 atom stereocenters. The topological polar surface area (TPSA) is 41.9 Å². The van der Waals surface area contributed by atoms with E-state index in [1.54, 1.807) is 7.11 Å². The van der Waals surface area contributed by atoms with E-state index in [2.05, 4.69) is 11.0 Å². The highest BCUT2D eigenvalue weighted by Gasteiger charge is 2.17. The van der Waals surface area contributed by atoms with Gasteiger partial charge in [-0.3, -0.25) is 4.90 Å². The van der Waals surface area contributed by atoms with E-state index >= 15 is 0 Å². The van der Waals surface area contributed by atoms with Gasteiger partial charge in [0.1, 0.15) is 12.4 Å². The molecule has 1 heterocycles. The Morgan fingerprint density at radius 2 is 2.29 bits per heavy atom. The second-order valence-electron chi connectivity index (χ2n) is 4.30. The van der Waals surface area contributed by atoms with Crippen LogP contribution in [-0.2, 0) is 11.3 Å². The Bertz CT molecular complexity index is 356. The molecule has 0 radical (unpaired) electrons. The van der Waals surface area contributed by atoms with Crippen LogP contribution in [0.4, 0.5) is 0 Å². The lowest BCUT2D eigenvalue weighted by atomic mass is 10.2. The minimum Gasteiger partial charge on any atom is -0.492 e. The van der Waals surface area contributed by atoms with Crippen molar-refractivity contribution in [1.29, 1.82) is 0 Å². The van der Waals surface area contributed by atoms with Crippen LogP contribution in [0.15, 0.2) is 24.3 Å². The number of methoxy groups -OCH3 is 1. The van der Waals surface area contributed by atoms with Gasteiger partial charge in [-0.2, -0.15) is 0 Å². The lowest BCUT2D eigenvalue weighted by Gasteiger charge is -2.22. The molecular formula is C13H19NO3. The summed E-state index contributed by atoms with van der Waals surface area (Å²) in [6.07, 6.45) is -0.440. The van der Waals surface area contributed by atoms with Crippen molar-refractivity contribution in [1.82, 2.24) is 4.90 Å². The number of hydrogen-bond acceptors (Lipinski definition) is 4. The zero-order valence-electron chi connectivity index (χ0n) is 10.1. The molecule has 0 saturated heterocycles. The Balaban J connectivity index is 1.98. The van der Waals surface area contributed by atoms with Gasteiger partial charge >= 0.3 is 0 Å². The molecule has 0 aliphatic carbocycles. The molecule has 1 N–H and O–H groups in total. The Labute approximate surface area is 102 Å². The number of para-hydroxylation sites is 1. The van der Waals surface area contributed by atoms with Crippen molar-refractivity contribution in [3.05, 3.63) is 29.8 Å². The average Bonchev–Trinajstić information content (AvgIpc) is 2.50. The minimum atomic E-state index is -0.440. The van der Waals surface area contributed by atoms with Crippen LogP contribution < -0.4 is 4.74 Å². The first-order valence-corrected chi connectivity index (χ1v) is 5.89. The zero-order chi connectivity index (χ0) is 12.1. The van der Waals surface area contributed by atoms with Crippen molar-refractivity contribution in [2.24, 2.45) is 0 Å². The first kappa shape index (κ1) is 12.4. The van der Waals surface area contributed by atoms with Crippen LogP contribution in [0.25, 0.3) is 0 Å². The first-order valence-electron chi connectivity index (χ1n) is 5.89. The molecule has 4 heteroatoms. The quantitative estimate of drug-likeness (QED) is 0.844. The van der Waals surface area contributed by atoms with Crippen LogP contribution in [0.5, 0.6) is 5.75 Å². The zero-order valence-corrected chi connectivity index (χ0v) is 10.1. The van der Waals surface area contributed by atoms with Crippen molar-refractivity contribution in [3.63, 3.8) is 0 Å². The van der Waals surface area contributed by atoms with E-state index < -0.39 is 6.10 Å². The molecule has 2 rings (SSSR count). The summed E-state index contributed by atoms with van der Waals surface area (Å²) in [6, 6.07) is 8.05. The van der Waals surface area contributed by atoms with Gasteiger partial charge in [0.2, 0.25) is 0 Å². The van der Waals surface area contributed by atoms with Gasteiger partial charge in [0, 0.05) is 32.3 Å². The summed E-state index contributed by atoms with van der Waals surface area (Å²) >= 11 is 0. The fourth-order valence-corrected chi connectivity index (χ4v) is 2.08. The van der Waals surface area contributed by atoms with Gasteiger partial charge in [0.05, 0.1) is 12.7 Å². The van der Waals surface area contributed by atoms with E-state index in [9.17, 15) is 5.11 Å². The van der Waals surface area contributed by atoms with Crippen molar-refractivity contribution in [2.75, 3.05) is 33.4 Å². The molecule has 1 aromatic carbocycles. The number of aliphatic hydroxyl groups is 1. The van der Waals surface area contributed by atoms with Gasteiger partial charge in [-0.1, -0.05) is 18.2 Å². The Kier molecular flexibility index (Phi) is 4.36. The predicted molar refractivity (Wildman–Crippen MR) is 65.1 cm³/mol. The largest absolute Gasteiger partial charge is 0.492 e. The summed E-state index contributed by atoms with van der Waals surface area (Å²) in [7, 11) is 1.60. The number of β-amino-alcohol motifs (C(OH)–C–C–N with tert-alkyl or cyclic N) is 1. The highest BCUT2D eigenvalue weighted by atomic mass is 16.5. The molecule has 0 amide bonds. The molecular weight excluding hydrogens is 218 g/mol. The molecule has 4 nitrogen and oxygen atoms in total. The lowest BCUT2D eigenvalue weighted by Crippen LogP contribution is -2.35. The highest BCUT2D eigenvalue weighted by Crippen LogP contribution is 2.22. The third-order valence-electron chi connectivity index (χ3n) is 2.86. The number of nitrogens with zero attached hydrogens (tertiary/aromatic N) is 1. The van der Waals surface area contributed by atoms with E-state index in [4.69, 9.17) is 9.47 Å². The van der Waals surface area contributed by atoms with Crippen LogP contribution in [0, 0.1) is 0 Å². The van der Waals surface area contributed by atoms with E-state index in [0.29, 0.717) is 19.8 Å². The molecule has 0 saturated carbocycles. The van der Waals surface area contributed by atoms with Gasteiger partial charge in [0.15, 0.2) is 0 Å². The number of fused-ring (bicyclic) bond motifs is 1. The SMILES string of the molecule is COCC(O)CN1CCOc2ccccc2C1. The summed E-state index contributed by atoms with van der Waals surface area (Å²) < 4.78 is 10.6. The van der Waals surface area contributed by atoms with E-state index in [-0.39, 0.29) is 0 Å². The Hall–Kier alpha value is -1.10. The summed E-state index contributed by atoms with van der Waals surface area (Å²) in [5.41, 5.74) is 1.18. The van der Waals surface area contributed by atoms with E-state index in [1.165, 1.54) is 5.56 Å². The maximum absolute atomic E-state index is 9.73. The lowest BCUT2D eigenvalue weighted by molar-refractivity contribution is 0.0348. The number of ether oxygens (including phenoxy) is 2. The van der Waals surface area contributed by atoms with Crippen molar-refractivity contribution in [2.45, 2.75) is 12.6 Å². The molecule has 0 aromatic heterocycles. The third kappa shape index (κ3) is 3.43. The average molecular weight is 237 g/mol. The normalized spacial score (nSPS) is 18.0. The van der Waals surface area contributed by atoms with Crippen LogP contribution in [0.3, 0.4) is 0 Å². The maximum Gasteiger partial charge on any atom is 0.123 e. The number of aliphatic hydroxyl groups excluding tert-OH is 1. The maximum atomic E-state index is 9.73. The minimum absolute atomic E-state index is 0.374. The van der Waals surface area contributed by atoms with Gasteiger partial charge in [-0.25, -0.2) is 0 Å². The summed E-state index contributed by atoms with van der Waals surface area (Å²) in [6.45, 7) is 3.30. The van der Waals surface area contributed by atoms with Crippen LogP contribution in [0.1, 0.15) is 5.56 Å². The number of hydrogen-bond donors (Lipinski definition) is 1. The van der Waals surface area contributed by atoms with E-state index in [0.717, 1.165) is 18.8 Å². The monoisotopic (exact) mass is 237 g/mol. The predicted octanol–water partition coefficient (Wildman–Crippen LogP) is 0.888.